The molecular weight excluding hydrogens is 282 g/mol. The molecule has 0 aromatic carbocycles. The average Bonchev–Trinajstić information content (AvgIpc) is 2.38. The van der Waals surface area contributed by atoms with Crippen LogP contribution in [-0.2, 0) is 19.1 Å². The molecule has 5 nitrogen and oxygen atoms in total. The smallest absolute Gasteiger partial charge is 0.334 e. The summed E-state index contributed by atoms with van der Waals surface area (Å²) >= 11 is 0. The highest BCUT2D eigenvalue weighted by Crippen LogP contribution is 2.03. The summed E-state index contributed by atoms with van der Waals surface area (Å²) in [7, 11) is 3.69. The van der Waals surface area contributed by atoms with Crippen LogP contribution in [0.5, 0.6) is 0 Å². The Morgan fingerprint density at radius 1 is 1.00 bits per heavy atom. The maximum Gasteiger partial charge on any atom is 0.334 e. The SMILES string of the molecule is C=C(C)C(=O)OC(C)CCC.C=C(C)C(=O)OC(C)N(C)C. The molecule has 0 saturated carbocycles. The van der Waals surface area contributed by atoms with Crippen molar-refractivity contribution in [1.82, 2.24) is 4.90 Å². The molecule has 0 bridgehead atoms. The summed E-state index contributed by atoms with van der Waals surface area (Å²) < 4.78 is 9.97. The molecular formula is C17H31NO4. The first-order valence-corrected chi connectivity index (χ1v) is 7.42. The minimum absolute atomic E-state index is 0.0178. The van der Waals surface area contributed by atoms with Gasteiger partial charge in [0.25, 0.3) is 0 Å². The second-order valence-electron chi connectivity index (χ2n) is 5.53. The molecule has 0 spiro atoms. The normalized spacial score (nSPS) is 12.5. The molecule has 128 valence electrons. The molecule has 0 heterocycles. The number of hydrogen-bond acceptors (Lipinski definition) is 5. The monoisotopic (exact) mass is 313 g/mol. The molecule has 0 amide bonds. The fourth-order valence-electron chi connectivity index (χ4n) is 1.11. The zero-order valence-corrected chi connectivity index (χ0v) is 15.1. The first-order chi connectivity index (χ1) is 10.0. The van der Waals surface area contributed by atoms with E-state index in [4.69, 9.17) is 9.47 Å². The number of rotatable bonds is 7. The first kappa shape index (κ1) is 22.7. The van der Waals surface area contributed by atoms with E-state index < -0.39 is 0 Å². The zero-order valence-electron chi connectivity index (χ0n) is 15.1. The van der Waals surface area contributed by atoms with Crippen molar-refractivity contribution < 1.29 is 19.1 Å². The lowest BCUT2D eigenvalue weighted by Gasteiger charge is -2.19. The van der Waals surface area contributed by atoms with Crippen LogP contribution in [0.15, 0.2) is 24.3 Å². The van der Waals surface area contributed by atoms with Crippen molar-refractivity contribution in [1.29, 1.82) is 0 Å². The lowest BCUT2D eigenvalue weighted by molar-refractivity contribution is -0.150. The summed E-state index contributed by atoms with van der Waals surface area (Å²) in [6, 6.07) is 0. The molecule has 0 aromatic rings. The van der Waals surface area contributed by atoms with E-state index in [-0.39, 0.29) is 24.3 Å². The van der Waals surface area contributed by atoms with E-state index in [0.717, 1.165) is 12.8 Å². The van der Waals surface area contributed by atoms with Gasteiger partial charge in [-0.1, -0.05) is 26.5 Å². The maximum absolute atomic E-state index is 10.9. The number of nitrogens with zero attached hydrogens (tertiary/aromatic N) is 1. The van der Waals surface area contributed by atoms with Crippen molar-refractivity contribution in [3.8, 4) is 0 Å². The average molecular weight is 313 g/mol. The van der Waals surface area contributed by atoms with Crippen LogP contribution in [0.2, 0.25) is 0 Å². The Morgan fingerprint density at radius 3 is 1.73 bits per heavy atom. The molecule has 0 fully saturated rings. The quantitative estimate of drug-likeness (QED) is 0.410. The highest BCUT2D eigenvalue weighted by Gasteiger charge is 2.10. The van der Waals surface area contributed by atoms with Gasteiger partial charge in [0.2, 0.25) is 0 Å². The van der Waals surface area contributed by atoms with E-state index in [2.05, 4.69) is 20.1 Å². The van der Waals surface area contributed by atoms with Gasteiger partial charge in [-0.2, -0.15) is 0 Å². The summed E-state index contributed by atoms with van der Waals surface area (Å²) in [5.74, 6) is -0.628. The zero-order chi connectivity index (χ0) is 17.9. The van der Waals surface area contributed by atoms with Crippen LogP contribution >= 0.6 is 0 Å². The van der Waals surface area contributed by atoms with Crippen molar-refractivity contribution in [2.24, 2.45) is 0 Å². The summed E-state index contributed by atoms with van der Waals surface area (Å²) in [6.45, 7) is 16.0. The van der Waals surface area contributed by atoms with E-state index in [1.54, 1.807) is 25.7 Å². The molecule has 0 radical (unpaired) electrons. The van der Waals surface area contributed by atoms with Crippen LogP contribution in [0.1, 0.15) is 47.5 Å². The summed E-state index contributed by atoms with van der Waals surface area (Å²) in [4.78, 5) is 23.6. The van der Waals surface area contributed by atoms with Crippen LogP contribution in [0, 0.1) is 0 Å². The number of ether oxygens (including phenoxy) is 2. The summed E-state index contributed by atoms with van der Waals surface area (Å²) in [5.41, 5.74) is 0.895. The van der Waals surface area contributed by atoms with Gasteiger partial charge < -0.3 is 9.47 Å². The van der Waals surface area contributed by atoms with E-state index in [1.807, 2.05) is 21.0 Å². The lowest BCUT2D eigenvalue weighted by Crippen LogP contribution is -2.30. The second kappa shape index (κ2) is 12.0. The van der Waals surface area contributed by atoms with Gasteiger partial charge in [-0.25, -0.2) is 9.59 Å². The van der Waals surface area contributed by atoms with Gasteiger partial charge in [0, 0.05) is 11.1 Å². The molecule has 0 aromatic heterocycles. The van der Waals surface area contributed by atoms with Crippen molar-refractivity contribution >= 4 is 11.9 Å². The predicted molar refractivity (Wildman–Crippen MR) is 89.3 cm³/mol. The maximum atomic E-state index is 10.9. The Bertz CT molecular complexity index is 388. The van der Waals surface area contributed by atoms with Crippen molar-refractivity contribution in [3.05, 3.63) is 24.3 Å². The van der Waals surface area contributed by atoms with Crippen molar-refractivity contribution in [3.63, 3.8) is 0 Å². The highest BCUT2D eigenvalue weighted by molar-refractivity contribution is 5.87. The third kappa shape index (κ3) is 12.1. The Labute approximate surface area is 135 Å². The van der Waals surface area contributed by atoms with Gasteiger partial charge in [0.1, 0.15) is 0 Å². The molecule has 0 N–H and O–H groups in total. The van der Waals surface area contributed by atoms with Gasteiger partial charge in [-0.15, -0.1) is 0 Å². The van der Waals surface area contributed by atoms with Crippen molar-refractivity contribution in [2.45, 2.75) is 59.8 Å². The van der Waals surface area contributed by atoms with Crippen molar-refractivity contribution in [2.75, 3.05) is 14.1 Å². The first-order valence-electron chi connectivity index (χ1n) is 7.42. The van der Waals surface area contributed by atoms with E-state index in [1.165, 1.54) is 0 Å². The van der Waals surface area contributed by atoms with E-state index >= 15 is 0 Å². The molecule has 5 heteroatoms. The van der Waals surface area contributed by atoms with Crippen LogP contribution in [0.3, 0.4) is 0 Å². The second-order valence-corrected chi connectivity index (χ2v) is 5.53. The third-order valence-electron chi connectivity index (χ3n) is 2.71. The van der Waals surface area contributed by atoms with E-state index in [0.29, 0.717) is 11.1 Å². The number of carbonyl (C=O) groups is 2. The molecule has 0 rings (SSSR count). The van der Waals surface area contributed by atoms with Gasteiger partial charge in [-0.05, 0) is 48.2 Å². The Kier molecular flexibility index (Phi) is 12.3. The molecule has 0 saturated heterocycles. The standard InChI is InChI=1S/C9H16O2.C8H15NO2/c1-5-6-8(4)11-9(10)7(2)3;1-6(2)8(10)11-7(3)9(4)5/h8H,2,5-6H2,1,3-4H3;7H,1H2,2-5H3. The number of carbonyl (C=O) groups excluding carboxylic acids is 2. The molecule has 0 aliphatic heterocycles. The third-order valence-corrected chi connectivity index (χ3v) is 2.71. The largest absolute Gasteiger partial charge is 0.459 e. The highest BCUT2D eigenvalue weighted by atomic mass is 16.6. The fourth-order valence-corrected chi connectivity index (χ4v) is 1.11. The minimum Gasteiger partial charge on any atom is -0.459 e. The van der Waals surface area contributed by atoms with Crippen LogP contribution in [-0.4, -0.2) is 43.3 Å². The number of hydrogen-bond donors (Lipinski definition) is 0. The van der Waals surface area contributed by atoms with Gasteiger partial charge >= 0.3 is 11.9 Å². The van der Waals surface area contributed by atoms with Crippen LogP contribution in [0.25, 0.3) is 0 Å². The Hall–Kier alpha value is -1.62. The molecule has 22 heavy (non-hydrogen) atoms. The molecule has 2 atom stereocenters. The van der Waals surface area contributed by atoms with Crippen LogP contribution in [0.4, 0.5) is 0 Å². The molecule has 0 aliphatic rings. The predicted octanol–water partition coefficient (Wildman–Crippen LogP) is 3.31. The lowest BCUT2D eigenvalue weighted by atomic mass is 10.2. The fraction of sp³-hybridized carbons (Fsp3) is 0.647. The number of esters is 2. The van der Waals surface area contributed by atoms with Gasteiger partial charge in [0.05, 0.1) is 6.10 Å². The Balaban J connectivity index is 0. The summed E-state index contributed by atoms with van der Waals surface area (Å²) in [6.07, 6.45) is 1.77. The van der Waals surface area contributed by atoms with Crippen LogP contribution < -0.4 is 0 Å². The molecule has 2 unspecified atom stereocenters. The van der Waals surface area contributed by atoms with E-state index in [9.17, 15) is 9.59 Å². The van der Waals surface area contributed by atoms with Gasteiger partial charge in [0.15, 0.2) is 6.23 Å². The Morgan fingerprint density at radius 2 is 1.41 bits per heavy atom. The topological polar surface area (TPSA) is 55.8 Å². The summed E-state index contributed by atoms with van der Waals surface area (Å²) in [5, 5.41) is 0. The minimum atomic E-state index is -0.341. The molecule has 0 aliphatic carbocycles. The van der Waals surface area contributed by atoms with Gasteiger partial charge in [-0.3, -0.25) is 4.90 Å².